The monoisotopic (exact) mass is 350 g/mol. The Labute approximate surface area is 146 Å². The SMILES string of the molecule is COc1cc(C=CC2=NNC(=O)CC2C)c(OC)c(OC)c1SC. The molecular weight excluding hydrogens is 328 g/mol. The van der Waals surface area contributed by atoms with Gasteiger partial charge in [-0.3, -0.25) is 4.79 Å². The summed E-state index contributed by atoms with van der Waals surface area (Å²) in [4.78, 5) is 12.2. The topological polar surface area (TPSA) is 69.2 Å². The summed E-state index contributed by atoms with van der Waals surface area (Å²) in [6, 6.07) is 1.90. The fourth-order valence-electron chi connectivity index (χ4n) is 2.53. The lowest BCUT2D eigenvalue weighted by Gasteiger charge is -2.18. The minimum Gasteiger partial charge on any atom is -0.495 e. The molecule has 0 radical (unpaired) electrons. The number of nitrogens with one attached hydrogen (secondary N) is 1. The molecule has 1 unspecified atom stereocenters. The number of benzene rings is 1. The maximum absolute atomic E-state index is 11.3. The summed E-state index contributed by atoms with van der Waals surface area (Å²) in [6.45, 7) is 1.97. The highest BCUT2D eigenvalue weighted by Gasteiger charge is 2.21. The van der Waals surface area contributed by atoms with Crippen molar-refractivity contribution in [2.24, 2.45) is 11.0 Å². The molecule has 24 heavy (non-hydrogen) atoms. The van der Waals surface area contributed by atoms with Gasteiger partial charge in [0.1, 0.15) is 5.75 Å². The molecule has 6 nitrogen and oxygen atoms in total. The zero-order chi connectivity index (χ0) is 17.7. The van der Waals surface area contributed by atoms with Gasteiger partial charge in [-0.15, -0.1) is 11.8 Å². The summed E-state index contributed by atoms with van der Waals surface area (Å²) >= 11 is 1.53. The van der Waals surface area contributed by atoms with E-state index in [1.165, 1.54) is 11.8 Å². The maximum Gasteiger partial charge on any atom is 0.240 e. The van der Waals surface area contributed by atoms with E-state index in [0.717, 1.165) is 16.2 Å². The molecular formula is C17H22N2O4S. The molecule has 0 saturated carbocycles. The van der Waals surface area contributed by atoms with Gasteiger partial charge < -0.3 is 14.2 Å². The second kappa shape index (κ2) is 8.10. The third-order valence-electron chi connectivity index (χ3n) is 3.76. The zero-order valence-electron chi connectivity index (χ0n) is 14.5. The summed E-state index contributed by atoms with van der Waals surface area (Å²) in [5.74, 6) is 1.98. The summed E-state index contributed by atoms with van der Waals surface area (Å²) in [5.41, 5.74) is 4.13. The Morgan fingerprint density at radius 2 is 1.92 bits per heavy atom. The Balaban J connectivity index is 2.46. The van der Waals surface area contributed by atoms with E-state index < -0.39 is 0 Å². The van der Waals surface area contributed by atoms with Gasteiger partial charge in [0.05, 0.1) is 31.9 Å². The number of hydrazone groups is 1. The lowest BCUT2D eigenvalue weighted by molar-refractivity contribution is -0.121. The molecule has 0 aliphatic carbocycles. The highest BCUT2D eigenvalue weighted by molar-refractivity contribution is 7.98. The highest BCUT2D eigenvalue weighted by Crippen LogP contribution is 2.46. The fourth-order valence-corrected chi connectivity index (χ4v) is 3.23. The molecule has 0 aromatic heterocycles. The molecule has 1 aliphatic heterocycles. The van der Waals surface area contributed by atoms with Gasteiger partial charge in [0, 0.05) is 17.9 Å². The number of hydrogen-bond donors (Lipinski definition) is 1. The summed E-state index contributed by atoms with van der Waals surface area (Å²) in [7, 11) is 4.83. The predicted octanol–water partition coefficient (Wildman–Crippen LogP) is 2.96. The van der Waals surface area contributed by atoms with Crippen LogP contribution < -0.4 is 19.6 Å². The van der Waals surface area contributed by atoms with E-state index in [0.29, 0.717) is 23.7 Å². The van der Waals surface area contributed by atoms with Crippen LogP contribution in [0.2, 0.25) is 0 Å². The Kier molecular flexibility index (Phi) is 6.14. The van der Waals surface area contributed by atoms with Gasteiger partial charge in [-0.05, 0) is 24.5 Å². The van der Waals surface area contributed by atoms with Crippen LogP contribution in [0.1, 0.15) is 18.9 Å². The van der Waals surface area contributed by atoms with Gasteiger partial charge in [-0.25, -0.2) is 5.43 Å². The van der Waals surface area contributed by atoms with E-state index in [2.05, 4.69) is 10.5 Å². The summed E-state index contributed by atoms with van der Waals surface area (Å²) < 4.78 is 16.5. The molecule has 130 valence electrons. The fraction of sp³-hybridized carbons (Fsp3) is 0.412. The lowest BCUT2D eigenvalue weighted by Crippen LogP contribution is -2.30. The standard InChI is InChI=1S/C17H22N2O4S/c1-10-8-14(20)19-18-12(10)7-6-11-9-13(21-2)17(24-5)16(23-4)15(11)22-3/h6-7,9-10H,8H2,1-5H3,(H,19,20). The molecule has 1 aromatic carbocycles. The molecule has 0 saturated heterocycles. The van der Waals surface area contributed by atoms with Crippen LogP contribution in [0.25, 0.3) is 6.08 Å². The van der Waals surface area contributed by atoms with E-state index in [1.54, 1.807) is 21.3 Å². The Bertz CT molecular complexity index is 686. The summed E-state index contributed by atoms with van der Waals surface area (Å²) in [5, 5.41) is 4.10. The van der Waals surface area contributed by atoms with Crippen LogP contribution in [0, 0.1) is 5.92 Å². The van der Waals surface area contributed by atoms with Crippen molar-refractivity contribution in [2.45, 2.75) is 18.2 Å². The van der Waals surface area contributed by atoms with Gasteiger partial charge in [0.25, 0.3) is 0 Å². The van der Waals surface area contributed by atoms with Gasteiger partial charge in [0.15, 0.2) is 11.5 Å². The van der Waals surface area contributed by atoms with Gasteiger partial charge in [0.2, 0.25) is 5.91 Å². The molecule has 1 aromatic rings. The number of thioether (sulfide) groups is 1. The molecule has 7 heteroatoms. The van der Waals surface area contributed by atoms with Crippen molar-refractivity contribution in [3.63, 3.8) is 0 Å². The van der Waals surface area contributed by atoms with Crippen LogP contribution >= 0.6 is 11.8 Å². The first kappa shape index (κ1) is 18.2. The number of amides is 1. The predicted molar refractivity (Wildman–Crippen MR) is 96.3 cm³/mol. The Morgan fingerprint density at radius 3 is 2.46 bits per heavy atom. The van der Waals surface area contributed by atoms with E-state index in [4.69, 9.17) is 14.2 Å². The third kappa shape index (κ3) is 3.67. The van der Waals surface area contributed by atoms with Crippen LogP contribution in [0.3, 0.4) is 0 Å². The molecule has 0 bridgehead atoms. The van der Waals surface area contributed by atoms with Gasteiger partial charge in [-0.1, -0.05) is 6.92 Å². The van der Waals surface area contributed by atoms with Crippen LogP contribution in [0.5, 0.6) is 17.2 Å². The van der Waals surface area contributed by atoms with E-state index in [1.807, 2.05) is 31.4 Å². The van der Waals surface area contributed by atoms with Crippen molar-refractivity contribution in [1.82, 2.24) is 5.43 Å². The van der Waals surface area contributed by atoms with E-state index in [9.17, 15) is 4.79 Å². The zero-order valence-corrected chi connectivity index (χ0v) is 15.3. The lowest BCUT2D eigenvalue weighted by atomic mass is 9.99. The number of carbonyl (C=O) groups is 1. The minimum absolute atomic E-state index is 0.0649. The van der Waals surface area contributed by atoms with Crippen LogP contribution in [-0.4, -0.2) is 39.2 Å². The first-order valence-electron chi connectivity index (χ1n) is 7.47. The van der Waals surface area contributed by atoms with Crippen LogP contribution in [0.4, 0.5) is 0 Å². The Hall–Kier alpha value is -2.15. The highest BCUT2D eigenvalue weighted by atomic mass is 32.2. The number of carbonyl (C=O) groups excluding carboxylic acids is 1. The van der Waals surface area contributed by atoms with Crippen molar-refractivity contribution < 1.29 is 19.0 Å². The number of methoxy groups -OCH3 is 3. The average molecular weight is 350 g/mol. The quantitative estimate of drug-likeness (QED) is 0.799. The number of rotatable bonds is 6. The van der Waals surface area contributed by atoms with Crippen LogP contribution in [0.15, 0.2) is 22.1 Å². The molecule has 2 rings (SSSR count). The van der Waals surface area contributed by atoms with Crippen molar-refractivity contribution in [2.75, 3.05) is 27.6 Å². The largest absolute Gasteiger partial charge is 0.495 e. The minimum atomic E-state index is -0.0649. The van der Waals surface area contributed by atoms with Crippen molar-refractivity contribution >= 4 is 29.5 Å². The normalized spacial score (nSPS) is 17.5. The molecule has 1 aliphatic rings. The molecule has 0 spiro atoms. The third-order valence-corrected chi connectivity index (χ3v) is 4.55. The van der Waals surface area contributed by atoms with Crippen molar-refractivity contribution in [1.29, 1.82) is 0 Å². The first-order valence-corrected chi connectivity index (χ1v) is 8.69. The first-order chi connectivity index (χ1) is 11.5. The smallest absolute Gasteiger partial charge is 0.240 e. The number of ether oxygens (including phenoxy) is 3. The van der Waals surface area contributed by atoms with Gasteiger partial charge in [-0.2, -0.15) is 5.10 Å². The molecule has 0 fully saturated rings. The molecule has 1 N–H and O–H groups in total. The summed E-state index contributed by atoms with van der Waals surface area (Å²) in [6.07, 6.45) is 6.15. The Morgan fingerprint density at radius 1 is 1.21 bits per heavy atom. The molecule has 1 amide bonds. The molecule has 1 atom stereocenters. The second-order valence-corrected chi connectivity index (χ2v) is 6.09. The average Bonchev–Trinajstić information content (AvgIpc) is 2.59. The van der Waals surface area contributed by atoms with E-state index in [-0.39, 0.29) is 11.8 Å². The number of allylic oxidation sites excluding steroid dienone is 1. The van der Waals surface area contributed by atoms with E-state index >= 15 is 0 Å². The number of hydrogen-bond acceptors (Lipinski definition) is 6. The van der Waals surface area contributed by atoms with Crippen molar-refractivity contribution in [3.05, 3.63) is 17.7 Å². The second-order valence-electron chi connectivity index (χ2n) is 5.28. The van der Waals surface area contributed by atoms with Crippen molar-refractivity contribution in [3.8, 4) is 17.2 Å². The maximum atomic E-state index is 11.3. The molecule has 1 heterocycles. The van der Waals surface area contributed by atoms with Gasteiger partial charge >= 0.3 is 0 Å². The number of nitrogens with zero attached hydrogens (tertiary/aromatic N) is 1. The van der Waals surface area contributed by atoms with Crippen LogP contribution in [-0.2, 0) is 4.79 Å².